The molecule has 0 saturated heterocycles. The molecule has 132 valence electrons. The predicted octanol–water partition coefficient (Wildman–Crippen LogP) is 2.23. The highest BCUT2D eigenvalue weighted by Gasteiger charge is 2.27. The lowest BCUT2D eigenvalue weighted by atomic mass is 10.1. The number of carbonyl (C=O) groups is 1. The first-order valence-electron chi connectivity index (χ1n) is 8.61. The first-order chi connectivity index (χ1) is 12.6. The van der Waals surface area contributed by atoms with Gasteiger partial charge < -0.3 is 5.32 Å². The van der Waals surface area contributed by atoms with Crippen LogP contribution in [-0.4, -0.2) is 20.4 Å². The van der Waals surface area contributed by atoms with Crippen LogP contribution in [-0.2, 0) is 6.42 Å². The summed E-state index contributed by atoms with van der Waals surface area (Å²) in [6, 6.07) is 9.15. The van der Waals surface area contributed by atoms with Crippen LogP contribution < -0.4 is 16.6 Å². The van der Waals surface area contributed by atoms with Crippen LogP contribution in [0.5, 0.6) is 0 Å². The number of pyridine rings is 1. The van der Waals surface area contributed by atoms with Gasteiger partial charge in [0, 0.05) is 17.9 Å². The maximum atomic E-state index is 12.5. The smallest absolute Gasteiger partial charge is 0.322 e. The van der Waals surface area contributed by atoms with Crippen molar-refractivity contribution >= 4 is 22.6 Å². The monoisotopic (exact) mass is 350 g/mol. The molecular formula is C19H18N4O3. The fraction of sp³-hybridized carbons (Fsp3) is 0.263. The molecule has 2 N–H and O–H groups in total. The summed E-state index contributed by atoms with van der Waals surface area (Å²) in [5, 5.41) is 3.06. The molecule has 0 unspecified atom stereocenters. The van der Waals surface area contributed by atoms with Crippen LogP contribution in [0.25, 0.3) is 11.0 Å². The minimum absolute atomic E-state index is 0.0748. The Morgan fingerprint density at radius 3 is 2.85 bits per heavy atom. The number of rotatable bonds is 4. The van der Waals surface area contributed by atoms with E-state index in [0.29, 0.717) is 11.3 Å². The van der Waals surface area contributed by atoms with Gasteiger partial charge in [-0.25, -0.2) is 9.78 Å². The van der Waals surface area contributed by atoms with Gasteiger partial charge in [0.1, 0.15) is 5.65 Å². The lowest BCUT2D eigenvalue weighted by molar-refractivity contribution is 0.102. The Labute approximate surface area is 148 Å². The number of carbonyl (C=O) groups excluding carboxylic acids is 1. The Morgan fingerprint density at radius 1 is 1.31 bits per heavy atom. The molecule has 0 atom stereocenters. The molecule has 7 heteroatoms. The van der Waals surface area contributed by atoms with E-state index in [2.05, 4.69) is 15.3 Å². The third-order valence-corrected chi connectivity index (χ3v) is 4.55. The van der Waals surface area contributed by atoms with Gasteiger partial charge in [0.15, 0.2) is 0 Å². The first kappa shape index (κ1) is 16.3. The molecule has 1 aromatic carbocycles. The molecule has 1 aliphatic carbocycles. The minimum atomic E-state index is -0.531. The summed E-state index contributed by atoms with van der Waals surface area (Å²) >= 11 is 0. The normalized spacial score (nSPS) is 13.7. The van der Waals surface area contributed by atoms with Gasteiger partial charge in [-0.05, 0) is 43.0 Å². The number of aromatic nitrogens is 3. The summed E-state index contributed by atoms with van der Waals surface area (Å²) in [4.78, 5) is 43.3. The van der Waals surface area contributed by atoms with Crippen molar-refractivity contribution < 1.29 is 4.79 Å². The summed E-state index contributed by atoms with van der Waals surface area (Å²) < 4.78 is 1.50. The Hall–Kier alpha value is -3.22. The van der Waals surface area contributed by atoms with Crippen molar-refractivity contribution in [2.45, 2.75) is 32.2 Å². The van der Waals surface area contributed by atoms with Crippen molar-refractivity contribution in [1.29, 1.82) is 0 Å². The Morgan fingerprint density at radius 2 is 2.12 bits per heavy atom. The minimum Gasteiger partial charge on any atom is -0.322 e. The Kier molecular flexibility index (Phi) is 3.91. The van der Waals surface area contributed by atoms with Crippen molar-refractivity contribution in [2.24, 2.45) is 0 Å². The lowest BCUT2D eigenvalue weighted by Gasteiger charge is -2.09. The molecular weight excluding hydrogens is 332 g/mol. The second kappa shape index (κ2) is 6.25. The summed E-state index contributed by atoms with van der Waals surface area (Å²) in [5.41, 5.74) is 1.41. The second-order valence-electron chi connectivity index (χ2n) is 6.46. The van der Waals surface area contributed by atoms with E-state index in [1.165, 1.54) is 16.8 Å². The topological polar surface area (TPSA) is 96.8 Å². The van der Waals surface area contributed by atoms with Crippen LogP contribution >= 0.6 is 0 Å². The van der Waals surface area contributed by atoms with E-state index in [-0.39, 0.29) is 22.9 Å². The predicted molar refractivity (Wildman–Crippen MR) is 98.7 cm³/mol. The van der Waals surface area contributed by atoms with E-state index in [1.54, 1.807) is 0 Å². The number of nitrogens with zero attached hydrogens (tertiary/aromatic N) is 2. The number of H-pyrrole nitrogens is 1. The van der Waals surface area contributed by atoms with E-state index < -0.39 is 11.2 Å². The highest BCUT2D eigenvalue weighted by Crippen LogP contribution is 2.34. The number of amides is 1. The molecule has 26 heavy (non-hydrogen) atoms. The van der Waals surface area contributed by atoms with E-state index in [0.717, 1.165) is 24.8 Å². The van der Waals surface area contributed by atoms with E-state index in [9.17, 15) is 14.4 Å². The molecule has 0 spiro atoms. The maximum absolute atomic E-state index is 12.5. The van der Waals surface area contributed by atoms with Crippen LogP contribution in [0.1, 0.15) is 41.7 Å². The zero-order valence-corrected chi connectivity index (χ0v) is 14.3. The number of fused-ring (bicyclic) bond motifs is 1. The quantitative estimate of drug-likeness (QED) is 0.754. The average Bonchev–Trinajstić information content (AvgIpc) is 3.46. The number of hydrogen-bond donors (Lipinski definition) is 2. The van der Waals surface area contributed by atoms with Crippen molar-refractivity contribution in [2.75, 3.05) is 5.32 Å². The van der Waals surface area contributed by atoms with Gasteiger partial charge in [-0.15, -0.1) is 0 Å². The lowest BCUT2D eigenvalue weighted by Crippen LogP contribution is -2.30. The fourth-order valence-electron chi connectivity index (χ4n) is 3.01. The van der Waals surface area contributed by atoms with Gasteiger partial charge in [0.25, 0.3) is 11.5 Å². The van der Waals surface area contributed by atoms with Crippen molar-refractivity contribution in [3.05, 3.63) is 68.5 Å². The third kappa shape index (κ3) is 2.92. The number of aryl methyl sites for hydroxylation is 1. The number of hydrogen-bond acceptors (Lipinski definition) is 4. The standard InChI is InChI=1S/C19H18N4O3/c1-2-11-4-3-5-13(8-11)21-17(24)12-9-15-16(20-10-12)23(14-6-7-14)19(26)22-18(15)25/h3-5,8-10,14H,2,6-7H2,1H3,(H,21,24)(H,22,25,26). The molecule has 1 amide bonds. The molecule has 0 radical (unpaired) electrons. The Balaban J connectivity index is 1.72. The van der Waals surface area contributed by atoms with E-state index in [4.69, 9.17) is 0 Å². The molecule has 1 fully saturated rings. The number of anilines is 1. The zero-order valence-electron chi connectivity index (χ0n) is 14.3. The zero-order chi connectivity index (χ0) is 18.3. The molecule has 0 aliphatic heterocycles. The van der Waals surface area contributed by atoms with Crippen molar-refractivity contribution in [1.82, 2.24) is 14.5 Å². The molecule has 2 heterocycles. The fourth-order valence-corrected chi connectivity index (χ4v) is 3.01. The van der Waals surface area contributed by atoms with Gasteiger partial charge in [0.05, 0.1) is 10.9 Å². The molecule has 1 saturated carbocycles. The molecule has 4 rings (SSSR count). The first-order valence-corrected chi connectivity index (χ1v) is 8.61. The molecule has 1 aliphatic rings. The number of aromatic amines is 1. The van der Waals surface area contributed by atoms with Gasteiger partial charge >= 0.3 is 5.69 Å². The number of nitrogens with one attached hydrogen (secondary N) is 2. The third-order valence-electron chi connectivity index (χ3n) is 4.55. The van der Waals surface area contributed by atoms with E-state index in [1.807, 2.05) is 31.2 Å². The largest absolute Gasteiger partial charge is 0.330 e. The van der Waals surface area contributed by atoms with E-state index >= 15 is 0 Å². The van der Waals surface area contributed by atoms with Crippen LogP contribution in [0.4, 0.5) is 5.69 Å². The van der Waals surface area contributed by atoms with Crippen LogP contribution in [0.2, 0.25) is 0 Å². The molecule has 0 bridgehead atoms. The van der Waals surface area contributed by atoms with Crippen LogP contribution in [0.15, 0.2) is 46.1 Å². The summed E-state index contributed by atoms with van der Waals surface area (Å²) in [6.07, 6.45) is 4.05. The van der Waals surface area contributed by atoms with Crippen molar-refractivity contribution in [3.8, 4) is 0 Å². The Bertz CT molecular complexity index is 1130. The molecule has 7 nitrogen and oxygen atoms in total. The molecule has 2 aromatic heterocycles. The summed E-state index contributed by atoms with van der Waals surface area (Å²) in [7, 11) is 0. The summed E-state index contributed by atoms with van der Waals surface area (Å²) in [5.74, 6) is -0.351. The van der Waals surface area contributed by atoms with Crippen LogP contribution in [0.3, 0.4) is 0 Å². The maximum Gasteiger partial charge on any atom is 0.330 e. The van der Waals surface area contributed by atoms with Crippen molar-refractivity contribution in [3.63, 3.8) is 0 Å². The van der Waals surface area contributed by atoms with Gasteiger partial charge in [-0.3, -0.25) is 19.1 Å². The SMILES string of the molecule is CCc1cccc(NC(=O)c2cnc3c(c2)c(=O)[nH]c(=O)n3C2CC2)c1. The second-order valence-corrected chi connectivity index (χ2v) is 6.46. The van der Waals surface area contributed by atoms with Gasteiger partial charge in [-0.1, -0.05) is 19.1 Å². The van der Waals surface area contributed by atoms with Gasteiger partial charge in [0.2, 0.25) is 0 Å². The number of benzene rings is 1. The summed E-state index contributed by atoms with van der Waals surface area (Å²) in [6.45, 7) is 2.04. The van der Waals surface area contributed by atoms with Crippen LogP contribution in [0, 0.1) is 0 Å². The highest BCUT2D eigenvalue weighted by atomic mass is 16.2. The highest BCUT2D eigenvalue weighted by molar-refractivity contribution is 6.05. The molecule has 3 aromatic rings. The average molecular weight is 350 g/mol. The van der Waals surface area contributed by atoms with Gasteiger partial charge in [-0.2, -0.15) is 0 Å².